The summed E-state index contributed by atoms with van der Waals surface area (Å²) in [5.74, 6) is 1.18. The van der Waals surface area contributed by atoms with Crippen LogP contribution in [-0.2, 0) is 9.53 Å². The van der Waals surface area contributed by atoms with E-state index in [9.17, 15) is 4.79 Å². The molecule has 0 unspecified atom stereocenters. The molecule has 2 atom stereocenters. The van der Waals surface area contributed by atoms with E-state index >= 15 is 0 Å². The Kier molecular flexibility index (Phi) is 4.75. The summed E-state index contributed by atoms with van der Waals surface area (Å²) >= 11 is 1.72. The van der Waals surface area contributed by atoms with E-state index < -0.39 is 0 Å². The van der Waals surface area contributed by atoms with Crippen molar-refractivity contribution in [1.29, 1.82) is 0 Å². The van der Waals surface area contributed by atoms with E-state index in [1.165, 1.54) is 0 Å². The molecule has 4 heteroatoms. The van der Waals surface area contributed by atoms with Crippen LogP contribution in [0.3, 0.4) is 0 Å². The molecular weight excluding hydrogens is 198 g/mol. The predicted octanol–water partition coefficient (Wildman–Crippen LogP) is 1.38. The monoisotopic (exact) mass is 217 g/mol. The topological polar surface area (TPSA) is 29.5 Å². The highest BCUT2D eigenvalue weighted by Crippen LogP contribution is 2.13. The summed E-state index contributed by atoms with van der Waals surface area (Å²) in [7, 11) is 0. The van der Waals surface area contributed by atoms with Gasteiger partial charge in [0.15, 0.2) is 0 Å². The number of carbonyl (C=O) groups excluding carboxylic acids is 1. The molecule has 1 fully saturated rings. The normalized spacial score (nSPS) is 27.8. The molecule has 1 rings (SSSR count). The average Bonchev–Trinajstić information content (AvgIpc) is 2.18. The quantitative estimate of drug-likeness (QED) is 0.715. The second kappa shape index (κ2) is 5.61. The van der Waals surface area contributed by atoms with Crippen LogP contribution in [0.4, 0.5) is 0 Å². The predicted molar refractivity (Wildman–Crippen MR) is 59.6 cm³/mol. The number of ether oxygens (including phenoxy) is 1. The molecule has 0 aromatic rings. The Morgan fingerprint density at radius 3 is 2.93 bits per heavy atom. The molecule has 0 aromatic heterocycles. The van der Waals surface area contributed by atoms with Gasteiger partial charge in [0.25, 0.3) is 0 Å². The molecular formula is C10H19NO2S. The molecule has 0 aliphatic carbocycles. The van der Waals surface area contributed by atoms with Gasteiger partial charge < -0.3 is 9.64 Å². The molecule has 82 valence electrons. The first-order valence-corrected chi connectivity index (χ1v) is 6.44. The average molecular weight is 217 g/mol. The minimum absolute atomic E-state index is 0.185. The first-order valence-electron chi connectivity index (χ1n) is 5.05. The Hall–Kier alpha value is -0.220. The van der Waals surface area contributed by atoms with Crippen LogP contribution in [0.2, 0.25) is 0 Å². The molecule has 0 radical (unpaired) electrons. The number of hydrogen-bond acceptors (Lipinski definition) is 3. The highest BCUT2D eigenvalue weighted by atomic mass is 32.2. The SMILES string of the molecule is CSCCC(=O)N1C[C@@H](C)OC[C@H]1C. The van der Waals surface area contributed by atoms with Gasteiger partial charge in [0.1, 0.15) is 0 Å². The van der Waals surface area contributed by atoms with Crippen LogP contribution < -0.4 is 0 Å². The maximum Gasteiger partial charge on any atom is 0.223 e. The second-order valence-electron chi connectivity index (χ2n) is 3.78. The largest absolute Gasteiger partial charge is 0.375 e. The van der Waals surface area contributed by atoms with Crippen LogP contribution in [0, 0.1) is 0 Å². The molecule has 0 bridgehead atoms. The minimum atomic E-state index is 0.185. The highest BCUT2D eigenvalue weighted by molar-refractivity contribution is 7.98. The van der Waals surface area contributed by atoms with E-state index in [2.05, 4.69) is 0 Å². The van der Waals surface area contributed by atoms with Crippen molar-refractivity contribution >= 4 is 17.7 Å². The van der Waals surface area contributed by atoms with Crippen molar-refractivity contribution in [2.75, 3.05) is 25.2 Å². The zero-order chi connectivity index (χ0) is 10.6. The van der Waals surface area contributed by atoms with Crippen LogP contribution in [0.1, 0.15) is 20.3 Å². The zero-order valence-corrected chi connectivity index (χ0v) is 9.97. The summed E-state index contributed by atoms with van der Waals surface area (Å²) in [6.07, 6.45) is 2.86. The lowest BCUT2D eigenvalue weighted by Crippen LogP contribution is -2.50. The van der Waals surface area contributed by atoms with E-state index in [1.807, 2.05) is 25.0 Å². The number of hydrogen-bond donors (Lipinski definition) is 0. The Balaban J connectivity index is 2.43. The number of rotatable bonds is 3. The fourth-order valence-corrected chi connectivity index (χ4v) is 1.96. The summed E-state index contributed by atoms with van der Waals surface area (Å²) in [6.45, 7) is 5.48. The van der Waals surface area contributed by atoms with Gasteiger partial charge in [0.2, 0.25) is 5.91 Å². The van der Waals surface area contributed by atoms with Crippen molar-refractivity contribution in [2.45, 2.75) is 32.4 Å². The van der Waals surface area contributed by atoms with Gasteiger partial charge in [-0.1, -0.05) is 0 Å². The summed E-state index contributed by atoms with van der Waals surface area (Å²) < 4.78 is 5.48. The van der Waals surface area contributed by atoms with Crippen LogP contribution in [0.15, 0.2) is 0 Å². The molecule has 0 aromatic carbocycles. The summed E-state index contributed by atoms with van der Waals surface area (Å²) in [5.41, 5.74) is 0. The molecule has 0 saturated carbocycles. The molecule has 1 aliphatic rings. The fourth-order valence-electron chi connectivity index (χ4n) is 1.58. The molecule has 3 nitrogen and oxygen atoms in total. The first-order chi connectivity index (χ1) is 6.65. The fraction of sp³-hybridized carbons (Fsp3) is 0.900. The number of carbonyl (C=O) groups is 1. The van der Waals surface area contributed by atoms with E-state index in [0.717, 1.165) is 12.3 Å². The maximum absolute atomic E-state index is 11.8. The first kappa shape index (κ1) is 11.9. The van der Waals surface area contributed by atoms with Gasteiger partial charge in [-0.3, -0.25) is 4.79 Å². The third-order valence-electron chi connectivity index (χ3n) is 2.45. The van der Waals surface area contributed by atoms with Crippen molar-refractivity contribution < 1.29 is 9.53 Å². The smallest absolute Gasteiger partial charge is 0.223 e. The minimum Gasteiger partial charge on any atom is -0.375 e. The third kappa shape index (κ3) is 3.17. The molecule has 0 N–H and O–H groups in total. The van der Waals surface area contributed by atoms with Gasteiger partial charge in [-0.15, -0.1) is 0 Å². The molecule has 0 spiro atoms. The van der Waals surface area contributed by atoms with Gasteiger partial charge in [0, 0.05) is 18.7 Å². The molecule has 1 aliphatic heterocycles. The number of nitrogens with zero attached hydrogens (tertiary/aromatic N) is 1. The van der Waals surface area contributed by atoms with E-state index in [0.29, 0.717) is 13.0 Å². The molecule has 14 heavy (non-hydrogen) atoms. The lowest BCUT2D eigenvalue weighted by atomic mass is 10.2. The summed E-state index contributed by atoms with van der Waals surface area (Å²) in [4.78, 5) is 13.7. The van der Waals surface area contributed by atoms with Gasteiger partial charge in [-0.2, -0.15) is 11.8 Å². The van der Waals surface area contributed by atoms with Crippen molar-refractivity contribution in [3.63, 3.8) is 0 Å². The van der Waals surface area contributed by atoms with Crippen LogP contribution in [-0.4, -0.2) is 48.1 Å². The maximum atomic E-state index is 11.8. The van der Waals surface area contributed by atoms with Crippen molar-refractivity contribution in [2.24, 2.45) is 0 Å². The Morgan fingerprint density at radius 2 is 2.29 bits per heavy atom. The van der Waals surface area contributed by atoms with Crippen LogP contribution >= 0.6 is 11.8 Å². The van der Waals surface area contributed by atoms with E-state index in [4.69, 9.17) is 4.74 Å². The van der Waals surface area contributed by atoms with Crippen LogP contribution in [0.5, 0.6) is 0 Å². The van der Waals surface area contributed by atoms with E-state index in [-0.39, 0.29) is 18.1 Å². The molecule has 1 saturated heterocycles. The van der Waals surface area contributed by atoms with Gasteiger partial charge >= 0.3 is 0 Å². The zero-order valence-electron chi connectivity index (χ0n) is 9.16. The lowest BCUT2D eigenvalue weighted by molar-refractivity contribution is -0.142. The lowest BCUT2D eigenvalue weighted by Gasteiger charge is -2.36. The molecule has 1 heterocycles. The number of morpholine rings is 1. The Bertz CT molecular complexity index is 199. The summed E-state index contributed by atoms with van der Waals surface area (Å²) in [5, 5.41) is 0. The van der Waals surface area contributed by atoms with Gasteiger partial charge in [0.05, 0.1) is 18.8 Å². The second-order valence-corrected chi connectivity index (χ2v) is 4.77. The standard InChI is InChI=1S/C10H19NO2S/c1-8-7-13-9(2)6-11(8)10(12)4-5-14-3/h8-9H,4-7H2,1-3H3/t8-,9-/m1/s1. The molecule has 1 amide bonds. The summed E-state index contributed by atoms with van der Waals surface area (Å²) in [6, 6.07) is 0.237. The van der Waals surface area contributed by atoms with Gasteiger partial charge in [-0.25, -0.2) is 0 Å². The van der Waals surface area contributed by atoms with Crippen molar-refractivity contribution in [1.82, 2.24) is 4.90 Å². The number of thioether (sulfide) groups is 1. The highest BCUT2D eigenvalue weighted by Gasteiger charge is 2.26. The van der Waals surface area contributed by atoms with Crippen molar-refractivity contribution in [3.8, 4) is 0 Å². The Labute approximate surface area is 90.2 Å². The third-order valence-corrected chi connectivity index (χ3v) is 3.06. The van der Waals surface area contributed by atoms with Gasteiger partial charge in [-0.05, 0) is 20.1 Å². The van der Waals surface area contributed by atoms with Crippen molar-refractivity contribution in [3.05, 3.63) is 0 Å². The number of amides is 1. The van der Waals surface area contributed by atoms with E-state index in [1.54, 1.807) is 11.8 Å². The Morgan fingerprint density at radius 1 is 1.57 bits per heavy atom. The van der Waals surface area contributed by atoms with Crippen LogP contribution in [0.25, 0.3) is 0 Å².